The Kier molecular flexibility index (Phi) is 5.77. The van der Waals surface area contributed by atoms with Crippen LogP contribution in [-0.2, 0) is 9.53 Å². The van der Waals surface area contributed by atoms with Crippen LogP contribution >= 0.6 is 0 Å². The molecular weight excluding hydrogens is 204 g/mol. The standard InChI is InChI=1S/C12H24N2O2/c1-10(2)9-14(4-5-16-3)12(15)6-11-7-13-8-11/h10-11,13H,4-9H2,1-3H3. The Balaban J connectivity index is 2.35. The third-order valence-corrected chi connectivity index (χ3v) is 2.83. The van der Waals surface area contributed by atoms with Crippen LogP contribution < -0.4 is 5.32 Å². The minimum atomic E-state index is 0.275. The summed E-state index contributed by atoms with van der Waals surface area (Å²) in [7, 11) is 1.67. The molecule has 0 aromatic rings. The first-order valence-electron chi connectivity index (χ1n) is 6.11. The van der Waals surface area contributed by atoms with E-state index in [1.165, 1.54) is 0 Å². The molecule has 1 rings (SSSR count). The number of hydrogen-bond acceptors (Lipinski definition) is 3. The molecule has 0 aromatic heterocycles. The topological polar surface area (TPSA) is 41.6 Å². The average Bonchev–Trinajstić information content (AvgIpc) is 2.17. The van der Waals surface area contributed by atoms with Gasteiger partial charge in [-0.25, -0.2) is 0 Å². The van der Waals surface area contributed by atoms with Gasteiger partial charge in [-0.05, 0) is 24.9 Å². The van der Waals surface area contributed by atoms with E-state index < -0.39 is 0 Å². The fourth-order valence-electron chi connectivity index (χ4n) is 1.83. The van der Waals surface area contributed by atoms with Gasteiger partial charge in [-0.3, -0.25) is 4.79 Å². The quantitative estimate of drug-likeness (QED) is 0.698. The van der Waals surface area contributed by atoms with E-state index in [1.54, 1.807) is 7.11 Å². The number of rotatable bonds is 7. The van der Waals surface area contributed by atoms with E-state index >= 15 is 0 Å². The molecule has 0 atom stereocenters. The molecule has 0 radical (unpaired) electrons. The molecule has 1 N–H and O–H groups in total. The second-order valence-electron chi connectivity index (χ2n) is 4.95. The van der Waals surface area contributed by atoms with Crippen molar-refractivity contribution in [2.75, 3.05) is 39.9 Å². The second kappa shape index (κ2) is 6.86. The third kappa shape index (κ3) is 4.49. The van der Waals surface area contributed by atoms with Crippen LogP contribution in [0.4, 0.5) is 0 Å². The van der Waals surface area contributed by atoms with Gasteiger partial charge in [0, 0.05) is 26.6 Å². The summed E-state index contributed by atoms with van der Waals surface area (Å²) < 4.78 is 5.04. The van der Waals surface area contributed by atoms with Gasteiger partial charge < -0.3 is 15.0 Å². The maximum absolute atomic E-state index is 12.0. The lowest BCUT2D eigenvalue weighted by Gasteiger charge is -2.30. The number of nitrogens with zero attached hydrogens (tertiary/aromatic N) is 1. The smallest absolute Gasteiger partial charge is 0.223 e. The number of ether oxygens (including phenoxy) is 1. The van der Waals surface area contributed by atoms with Crippen molar-refractivity contribution in [3.63, 3.8) is 0 Å². The molecule has 4 heteroatoms. The van der Waals surface area contributed by atoms with Gasteiger partial charge in [-0.1, -0.05) is 13.8 Å². The lowest BCUT2D eigenvalue weighted by Crippen LogP contribution is -2.46. The number of carbonyl (C=O) groups excluding carboxylic acids is 1. The average molecular weight is 228 g/mol. The summed E-state index contributed by atoms with van der Waals surface area (Å²) in [5.41, 5.74) is 0. The van der Waals surface area contributed by atoms with Gasteiger partial charge in [0.05, 0.1) is 6.61 Å². The minimum Gasteiger partial charge on any atom is -0.383 e. The molecular formula is C12H24N2O2. The highest BCUT2D eigenvalue weighted by atomic mass is 16.5. The van der Waals surface area contributed by atoms with Gasteiger partial charge in [0.2, 0.25) is 5.91 Å². The van der Waals surface area contributed by atoms with Gasteiger partial charge in [0.25, 0.3) is 0 Å². The highest BCUT2D eigenvalue weighted by Gasteiger charge is 2.23. The normalized spacial score (nSPS) is 16.2. The van der Waals surface area contributed by atoms with Crippen molar-refractivity contribution in [3.8, 4) is 0 Å². The monoisotopic (exact) mass is 228 g/mol. The zero-order chi connectivity index (χ0) is 12.0. The highest BCUT2D eigenvalue weighted by Crippen LogP contribution is 2.11. The first-order valence-corrected chi connectivity index (χ1v) is 6.11. The van der Waals surface area contributed by atoms with Crippen molar-refractivity contribution in [2.24, 2.45) is 11.8 Å². The van der Waals surface area contributed by atoms with E-state index in [9.17, 15) is 4.79 Å². The van der Waals surface area contributed by atoms with Crippen molar-refractivity contribution < 1.29 is 9.53 Å². The number of hydrogen-bond donors (Lipinski definition) is 1. The van der Waals surface area contributed by atoms with Crippen LogP contribution in [0.3, 0.4) is 0 Å². The van der Waals surface area contributed by atoms with E-state index in [2.05, 4.69) is 19.2 Å². The van der Waals surface area contributed by atoms with Gasteiger partial charge in [-0.2, -0.15) is 0 Å². The fourth-order valence-corrected chi connectivity index (χ4v) is 1.83. The van der Waals surface area contributed by atoms with E-state index in [4.69, 9.17) is 4.74 Å². The van der Waals surface area contributed by atoms with E-state index in [-0.39, 0.29) is 5.91 Å². The molecule has 94 valence electrons. The SMILES string of the molecule is COCCN(CC(C)C)C(=O)CC1CNC1. The number of amides is 1. The van der Waals surface area contributed by atoms with Gasteiger partial charge in [-0.15, -0.1) is 0 Å². The Morgan fingerprint density at radius 1 is 1.50 bits per heavy atom. The Morgan fingerprint density at radius 3 is 2.62 bits per heavy atom. The number of nitrogens with one attached hydrogen (secondary N) is 1. The zero-order valence-corrected chi connectivity index (χ0v) is 10.7. The molecule has 1 saturated heterocycles. The second-order valence-corrected chi connectivity index (χ2v) is 4.95. The summed E-state index contributed by atoms with van der Waals surface area (Å²) >= 11 is 0. The minimum absolute atomic E-state index is 0.275. The van der Waals surface area contributed by atoms with Crippen LogP contribution in [-0.4, -0.2) is 50.7 Å². The van der Waals surface area contributed by atoms with Crippen molar-refractivity contribution in [2.45, 2.75) is 20.3 Å². The van der Waals surface area contributed by atoms with Crippen molar-refractivity contribution in [1.29, 1.82) is 0 Å². The van der Waals surface area contributed by atoms with Crippen molar-refractivity contribution >= 4 is 5.91 Å². The molecule has 1 heterocycles. The molecule has 0 unspecified atom stereocenters. The first kappa shape index (κ1) is 13.5. The van der Waals surface area contributed by atoms with Crippen molar-refractivity contribution in [3.05, 3.63) is 0 Å². The van der Waals surface area contributed by atoms with Crippen LogP contribution in [0.5, 0.6) is 0 Å². The summed E-state index contributed by atoms with van der Waals surface area (Å²) in [5, 5.41) is 3.19. The Bertz CT molecular complexity index is 215. The Morgan fingerprint density at radius 2 is 2.19 bits per heavy atom. The summed E-state index contributed by atoms with van der Waals surface area (Å²) in [4.78, 5) is 14.0. The first-order chi connectivity index (χ1) is 7.63. The van der Waals surface area contributed by atoms with Crippen LogP contribution in [0.1, 0.15) is 20.3 Å². The van der Waals surface area contributed by atoms with E-state index in [0.717, 1.165) is 19.6 Å². The van der Waals surface area contributed by atoms with E-state index in [0.29, 0.717) is 31.4 Å². The predicted molar refractivity (Wildman–Crippen MR) is 64.3 cm³/mol. The van der Waals surface area contributed by atoms with Crippen LogP contribution in [0.15, 0.2) is 0 Å². The summed E-state index contributed by atoms with van der Waals surface area (Å²) in [6.45, 7) is 8.43. The molecule has 0 aromatic carbocycles. The zero-order valence-electron chi connectivity index (χ0n) is 10.7. The molecule has 1 aliphatic rings. The number of carbonyl (C=O) groups is 1. The summed E-state index contributed by atoms with van der Waals surface area (Å²) in [5.74, 6) is 1.34. The molecule has 4 nitrogen and oxygen atoms in total. The molecule has 1 amide bonds. The highest BCUT2D eigenvalue weighted by molar-refractivity contribution is 5.76. The fraction of sp³-hybridized carbons (Fsp3) is 0.917. The third-order valence-electron chi connectivity index (χ3n) is 2.83. The number of methoxy groups -OCH3 is 1. The summed E-state index contributed by atoms with van der Waals surface area (Å²) in [6, 6.07) is 0. The van der Waals surface area contributed by atoms with Gasteiger partial charge in [0.15, 0.2) is 0 Å². The van der Waals surface area contributed by atoms with Gasteiger partial charge in [0.1, 0.15) is 0 Å². The predicted octanol–water partition coefficient (Wildman–Crippen LogP) is 0.727. The maximum Gasteiger partial charge on any atom is 0.223 e. The molecule has 0 spiro atoms. The van der Waals surface area contributed by atoms with E-state index in [1.807, 2.05) is 4.90 Å². The lowest BCUT2D eigenvalue weighted by atomic mass is 9.98. The maximum atomic E-state index is 12.0. The molecule has 0 bridgehead atoms. The molecule has 1 fully saturated rings. The van der Waals surface area contributed by atoms with Crippen molar-refractivity contribution in [1.82, 2.24) is 10.2 Å². The molecule has 0 saturated carbocycles. The van der Waals surface area contributed by atoms with Crippen LogP contribution in [0.25, 0.3) is 0 Å². The largest absolute Gasteiger partial charge is 0.383 e. The molecule has 1 aliphatic heterocycles. The van der Waals surface area contributed by atoms with Gasteiger partial charge >= 0.3 is 0 Å². The molecule has 16 heavy (non-hydrogen) atoms. The Hall–Kier alpha value is -0.610. The van der Waals surface area contributed by atoms with Crippen LogP contribution in [0.2, 0.25) is 0 Å². The Labute approximate surface area is 98.3 Å². The molecule has 0 aliphatic carbocycles. The van der Waals surface area contributed by atoms with Crippen LogP contribution in [0, 0.1) is 11.8 Å². The summed E-state index contributed by atoms with van der Waals surface area (Å²) in [6.07, 6.45) is 0.684. The lowest BCUT2D eigenvalue weighted by molar-refractivity contribution is -0.133.